The third kappa shape index (κ3) is 6.38. The molecule has 0 aliphatic carbocycles. The van der Waals surface area contributed by atoms with Crippen molar-refractivity contribution < 1.29 is 0 Å². The molecule has 0 spiro atoms. The van der Waals surface area contributed by atoms with E-state index in [4.69, 9.17) is 10.2 Å². The smallest absolute Gasteiger partial charge is 0.183 e. The number of hydrogen-bond acceptors (Lipinski definition) is 5. The van der Waals surface area contributed by atoms with Gasteiger partial charge in [-0.1, -0.05) is 42.5 Å². The van der Waals surface area contributed by atoms with Gasteiger partial charge in [-0.05, 0) is 30.5 Å². The van der Waals surface area contributed by atoms with Crippen LogP contribution in [0.1, 0.15) is 24.0 Å². The number of thiazole rings is 1. The zero-order valence-corrected chi connectivity index (χ0v) is 20.2. The Morgan fingerprint density at radius 1 is 1.03 bits per heavy atom. The van der Waals surface area contributed by atoms with E-state index in [1.54, 1.807) is 11.3 Å². The van der Waals surface area contributed by atoms with Gasteiger partial charge in [-0.15, -0.1) is 45.3 Å². The van der Waals surface area contributed by atoms with Crippen LogP contribution in [0.2, 0.25) is 0 Å². The molecule has 1 aliphatic heterocycles. The lowest BCUT2D eigenvalue weighted by Crippen LogP contribution is -2.38. The van der Waals surface area contributed by atoms with Gasteiger partial charge in [0.05, 0.1) is 17.3 Å². The van der Waals surface area contributed by atoms with Crippen LogP contribution < -0.4 is 5.32 Å². The number of benzene rings is 2. The Labute approximate surface area is 197 Å². The maximum Gasteiger partial charge on any atom is 0.183 e. The third-order valence-corrected chi connectivity index (χ3v) is 5.75. The number of halogens is 2. The van der Waals surface area contributed by atoms with Crippen molar-refractivity contribution in [2.45, 2.75) is 25.4 Å². The number of nitriles is 1. The van der Waals surface area contributed by atoms with E-state index >= 15 is 0 Å². The number of nitrogens with one attached hydrogen (secondary N) is 1. The first-order valence-corrected chi connectivity index (χ1v) is 10.2. The maximum absolute atomic E-state index is 8.91. The van der Waals surface area contributed by atoms with Gasteiger partial charge in [0.15, 0.2) is 5.13 Å². The zero-order chi connectivity index (χ0) is 18.5. The average Bonchev–Trinajstić information content (AvgIpc) is 3.19. The largest absolute Gasteiger partial charge is 0.359 e. The highest BCUT2D eigenvalue weighted by atomic mass is 79.9. The fourth-order valence-corrected chi connectivity index (χ4v) is 4.24. The first kappa shape index (κ1) is 23.6. The molecule has 29 heavy (non-hydrogen) atoms. The Morgan fingerprint density at radius 3 is 2.38 bits per heavy atom. The number of hydrogen-bond donors (Lipinski definition) is 1. The van der Waals surface area contributed by atoms with Crippen LogP contribution in [0, 0.1) is 11.3 Å². The number of rotatable bonds is 5. The lowest BCUT2D eigenvalue weighted by molar-refractivity contribution is 0.211. The minimum absolute atomic E-state index is 0. The molecule has 4 rings (SSSR count). The summed E-state index contributed by atoms with van der Waals surface area (Å²) in [7, 11) is 0. The van der Waals surface area contributed by atoms with Crippen LogP contribution in [0.25, 0.3) is 11.3 Å². The average molecular weight is 536 g/mol. The van der Waals surface area contributed by atoms with Gasteiger partial charge in [0.2, 0.25) is 0 Å². The SMILES string of the molecule is Br.Br.N#Cc1ccc(-c2csc(NC3CCN(Cc4ccccc4)CC3)n2)cc1. The summed E-state index contributed by atoms with van der Waals surface area (Å²) in [5.74, 6) is 0. The minimum atomic E-state index is 0. The van der Waals surface area contributed by atoms with Crippen LogP contribution in [0.4, 0.5) is 5.13 Å². The summed E-state index contributed by atoms with van der Waals surface area (Å²) in [6, 6.07) is 20.9. The molecule has 4 nitrogen and oxygen atoms in total. The molecule has 152 valence electrons. The standard InChI is InChI=1S/C22H22N4S.2BrH/c23-14-17-6-8-19(9-7-17)21-16-27-22(25-21)24-20-10-12-26(13-11-20)15-18-4-2-1-3-5-18;;/h1-9,16,20H,10-13,15H2,(H,24,25);2*1H. The van der Waals surface area contributed by atoms with Crippen LogP contribution in [-0.2, 0) is 6.54 Å². The number of piperidine rings is 1. The minimum Gasteiger partial charge on any atom is -0.359 e. The van der Waals surface area contributed by atoms with E-state index < -0.39 is 0 Å². The van der Waals surface area contributed by atoms with Gasteiger partial charge >= 0.3 is 0 Å². The molecule has 2 heterocycles. The molecule has 3 aromatic rings. The molecule has 1 aromatic heterocycles. The van der Waals surface area contributed by atoms with Gasteiger partial charge in [-0.2, -0.15) is 5.26 Å². The van der Waals surface area contributed by atoms with Crippen molar-refractivity contribution in [1.29, 1.82) is 5.26 Å². The molecule has 7 heteroatoms. The van der Waals surface area contributed by atoms with Crippen molar-refractivity contribution in [2.75, 3.05) is 18.4 Å². The molecule has 0 bridgehead atoms. The highest BCUT2D eigenvalue weighted by Gasteiger charge is 2.20. The molecule has 1 fully saturated rings. The van der Waals surface area contributed by atoms with Crippen LogP contribution >= 0.6 is 45.3 Å². The van der Waals surface area contributed by atoms with Gasteiger partial charge in [0, 0.05) is 36.6 Å². The zero-order valence-electron chi connectivity index (χ0n) is 16.0. The monoisotopic (exact) mass is 534 g/mol. The second-order valence-corrected chi connectivity index (χ2v) is 7.77. The highest BCUT2D eigenvalue weighted by molar-refractivity contribution is 8.93. The lowest BCUT2D eigenvalue weighted by Gasteiger charge is -2.32. The molecule has 1 aliphatic rings. The van der Waals surface area contributed by atoms with Crippen molar-refractivity contribution in [3.8, 4) is 17.3 Å². The summed E-state index contributed by atoms with van der Waals surface area (Å²) < 4.78 is 0. The molecule has 0 radical (unpaired) electrons. The van der Waals surface area contributed by atoms with E-state index in [0.717, 1.165) is 48.9 Å². The molecule has 1 saturated heterocycles. The number of nitrogens with zero attached hydrogens (tertiary/aromatic N) is 3. The quantitative estimate of drug-likeness (QED) is 0.441. The third-order valence-electron chi connectivity index (χ3n) is 4.98. The molecule has 0 saturated carbocycles. The summed E-state index contributed by atoms with van der Waals surface area (Å²) in [6.07, 6.45) is 2.28. The van der Waals surface area contributed by atoms with E-state index in [2.05, 4.69) is 52.0 Å². The summed E-state index contributed by atoms with van der Waals surface area (Å²) in [5.41, 5.74) is 4.08. The fourth-order valence-electron chi connectivity index (χ4n) is 3.44. The Kier molecular flexibility index (Phi) is 9.31. The van der Waals surface area contributed by atoms with E-state index in [1.165, 1.54) is 5.56 Å². The molecule has 0 amide bonds. The van der Waals surface area contributed by atoms with Gasteiger partial charge in [0.1, 0.15) is 0 Å². The Bertz CT molecular complexity index is 914. The summed E-state index contributed by atoms with van der Waals surface area (Å²) in [5, 5.41) is 15.6. The number of likely N-dealkylation sites (tertiary alicyclic amines) is 1. The van der Waals surface area contributed by atoms with E-state index in [-0.39, 0.29) is 34.0 Å². The van der Waals surface area contributed by atoms with Crippen molar-refractivity contribution in [2.24, 2.45) is 0 Å². The van der Waals surface area contributed by atoms with Gasteiger partial charge < -0.3 is 5.32 Å². The van der Waals surface area contributed by atoms with E-state index in [1.807, 2.05) is 24.3 Å². The van der Waals surface area contributed by atoms with Crippen LogP contribution in [0.15, 0.2) is 60.0 Å². The summed E-state index contributed by atoms with van der Waals surface area (Å²) in [6.45, 7) is 3.26. The maximum atomic E-state index is 8.91. The molecular formula is C22H24Br2N4S. The highest BCUT2D eigenvalue weighted by Crippen LogP contribution is 2.27. The Morgan fingerprint density at radius 2 is 1.72 bits per heavy atom. The summed E-state index contributed by atoms with van der Waals surface area (Å²) in [4.78, 5) is 7.25. The molecule has 1 N–H and O–H groups in total. The lowest BCUT2D eigenvalue weighted by atomic mass is 10.0. The molecule has 0 atom stereocenters. The van der Waals surface area contributed by atoms with Crippen LogP contribution in [-0.4, -0.2) is 29.0 Å². The molecule has 0 unspecified atom stereocenters. The second-order valence-electron chi connectivity index (χ2n) is 6.91. The number of anilines is 1. The summed E-state index contributed by atoms with van der Waals surface area (Å²) >= 11 is 1.65. The van der Waals surface area contributed by atoms with E-state index in [0.29, 0.717) is 11.6 Å². The van der Waals surface area contributed by atoms with Gasteiger partial charge in [0.25, 0.3) is 0 Å². The van der Waals surface area contributed by atoms with Crippen molar-refractivity contribution in [1.82, 2.24) is 9.88 Å². The van der Waals surface area contributed by atoms with E-state index in [9.17, 15) is 0 Å². The fraction of sp³-hybridized carbons (Fsp3) is 0.273. The first-order valence-electron chi connectivity index (χ1n) is 9.29. The topological polar surface area (TPSA) is 52.0 Å². The molecule has 2 aromatic carbocycles. The van der Waals surface area contributed by atoms with Crippen LogP contribution in [0.5, 0.6) is 0 Å². The number of aromatic nitrogens is 1. The van der Waals surface area contributed by atoms with Gasteiger partial charge in [-0.3, -0.25) is 4.90 Å². The predicted octanol–water partition coefficient (Wildman–Crippen LogP) is 5.91. The second kappa shape index (κ2) is 11.5. The van der Waals surface area contributed by atoms with Crippen molar-refractivity contribution in [3.63, 3.8) is 0 Å². The van der Waals surface area contributed by atoms with Crippen LogP contribution in [0.3, 0.4) is 0 Å². The molecular weight excluding hydrogens is 512 g/mol. The first-order chi connectivity index (χ1) is 13.3. The predicted molar refractivity (Wildman–Crippen MR) is 131 cm³/mol. The van der Waals surface area contributed by atoms with Crippen molar-refractivity contribution in [3.05, 3.63) is 71.1 Å². The van der Waals surface area contributed by atoms with Gasteiger partial charge in [-0.25, -0.2) is 4.98 Å². The normalized spacial score (nSPS) is 14.3. The van der Waals surface area contributed by atoms with Crippen molar-refractivity contribution >= 4 is 50.4 Å². The Hall–Kier alpha value is -1.72. The Balaban J connectivity index is 0.00000150.